The Morgan fingerprint density at radius 2 is 1.89 bits per heavy atom. The first-order valence-corrected chi connectivity index (χ1v) is 6.82. The number of ether oxygens (including phenoxy) is 1. The van der Waals surface area contributed by atoms with E-state index >= 15 is 0 Å². The van der Waals surface area contributed by atoms with Crippen molar-refractivity contribution in [3.8, 4) is 0 Å². The van der Waals surface area contributed by atoms with E-state index in [-0.39, 0.29) is 25.3 Å². The molecule has 2 rings (SSSR count). The fourth-order valence-electron chi connectivity index (χ4n) is 2.60. The highest BCUT2D eigenvalue weighted by molar-refractivity contribution is 4.86. The third-order valence-electron chi connectivity index (χ3n) is 3.85. The lowest BCUT2D eigenvalue weighted by Gasteiger charge is -2.40. The van der Waals surface area contributed by atoms with Crippen LogP contribution in [0.3, 0.4) is 0 Å². The molecule has 2 heterocycles. The van der Waals surface area contributed by atoms with Gasteiger partial charge in [-0.25, -0.2) is 0 Å². The van der Waals surface area contributed by atoms with Crippen LogP contribution in [0.15, 0.2) is 0 Å². The minimum absolute atomic E-state index is 0.137. The van der Waals surface area contributed by atoms with Crippen molar-refractivity contribution in [1.29, 1.82) is 0 Å². The average Bonchev–Trinajstić information content (AvgIpc) is 2.45. The molecule has 6 heteroatoms. The maximum Gasteiger partial charge on any atom is 0.0599 e. The largest absolute Gasteiger partial charge is 0.395 e. The predicted octanol–water partition coefficient (Wildman–Crippen LogP) is -2.05. The molecule has 6 nitrogen and oxygen atoms in total. The summed E-state index contributed by atoms with van der Waals surface area (Å²) in [7, 11) is 0. The van der Waals surface area contributed by atoms with Crippen molar-refractivity contribution < 1.29 is 14.9 Å². The lowest BCUT2D eigenvalue weighted by molar-refractivity contribution is 0.0191. The number of nitrogens with zero attached hydrogens (tertiary/aromatic N) is 2. The van der Waals surface area contributed by atoms with Crippen LogP contribution in [0.2, 0.25) is 0 Å². The number of hydrogen-bond acceptors (Lipinski definition) is 6. The van der Waals surface area contributed by atoms with Crippen molar-refractivity contribution in [2.24, 2.45) is 0 Å². The van der Waals surface area contributed by atoms with Crippen LogP contribution in [0.5, 0.6) is 0 Å². The van der Waals surface area contributed by atoms with E-state index in [0.717, 1.165) is 52.5 Å². The molecular formula is C12H25N3O3. The average molecular weight is 259 g/mol. The molecule has 2 atom stereocenters. The van der Waals surface area contributed by atoms with Gasteiger partial charge in [0.2, 0.25) is 0 Å². The first-order chi connectivity index (χ1) is 8.83. The summed E-state index contributed by atoms with van der Waals surface area (Å²) in [6.45, 7) is 7.51. The molecule has 0 radical (unpaired) electrons. The van der Waals surface area contributed by atoms with Gasteiger partial charge in [0.1, 0.15) is 0 Å². The highest BCUT2D eigenvalue weighted by Crippen LogP contribution is 2.07. The van der Waals surface area contributed by atoms with E-state index in [2.05, 4.69) is 15.1 Å². The van der Waals surface area contributed by atoms with Gasteiger partial charge in [0.25, 0.3) is 0 Å². The molecule has 2 saturated heterocycles. The van der Waals surface area contributed by atoms with Crippen LogP contribution >= 0.6 is 0 Å². The van der Waals surface area contributed by atoms with Crippen LogP contribution in [-0.2, 0) is 4.74 Å². The molecule has 2 aliphatic heterocycles. The van der Waals surface area contributed by atoms with E-state index in [4.69, 9.17) is 4.74 Å². The maximum atomic E-state index is 9.38. The smallest absolute Gasteiger partial charge is 0.0599 e. The van der Waals surface area contributed by atoms with Gasteiger partial charge in [-0.3, -0.25) is 9.80 Å². The quantitative estimate of drug-likeness (QED) is 0.528. The summed E-state index contributed by atoms with van der Waals surface area (Å²) in [5.41, 5.74) is 0. The Bertz CT molecular complexity index is 237. The zero-order valence-electron chi connectivity index (χ0n) is 10.9. The van der Waals surface area contributed by atoms with Crippen molar-refractivity contribution >= 4 is 0 Å². The number of morpholine rings is 1. The number of aliphatic hydroxyl groups excluding tert-OH is 2. The summed E-state index contributed by atoms with van der Waals surface area (Å²) in [6.07, 6.45) is 0. The Morgan fingerprint density at radius 1 is 1.11 bits per heavy atom. The maximum absolute atomic E-state index is 9.38. The Hall–Kier alpha value is -0.240. The fourth-order valence-corrected chi connectivity index (χ4v) is 2.60. The predicted molar refractivity (Wildman–Crippen MR) is 68.6 cm³/mol. The highest BCUT2D eigenvalue weighted by Gasteiger charge is 2.27. The third kappa shape index (κ3) is 3.88. The van der Waals surface area contributed by atoms with E-state index in [9.17, 15) is 10.2 Å². The van der Waals surface area contributed by atoms with Gasteiger partial charge in [0.15, 0.2) is 0 Å². The number of nitrogens with one attached hydrogen (secondary N) is 1. The van der Waals surface area contributed by atoms with Crippen molar-refractivity contribution in [2.75, 3.05) is 65.7 Å². The Balaban J connectivity index is 1.76. The van der Waals surface area contributed by atoms with Gasteiger partial charge in [0, 0.05) is 51.4 Å². The minimum Gasteiger partial charge on any atom is -0.395 e. The van der Waals surface area contributed by atoms with Gasteiger partial charge in [-0.05, 0) is 0 Å². The minimum atomic E-state index is 0.137. The van der Waals surface area contributed by atoms with Crippen LogP contribution in [0.4, 0.5) is 0 Å². The third-order valence-corrected chi connectivity index (χ3v) is 3.85. The number of aliphatic hydroxyl groups is 2. The van der Waals surface area contributed by atoms with Gasteiger partial charge in [-0.2, -0.15) is 0 Å². The van der Waals surface area contributed by atoms with E-state index in [0.29, 0.717) is 0 Å². The molecule has 18 heavy (non-hydrogen) atoms. The Labute approximate surface area is 109 Å². The number of rotatable bonds is 5. The highest BCUT2D eigenvalue weighted by atomic mass is 16.5. The summed E-state index contributed by atoms with van der Waals surface area (Å²) in [5.74, 6) is 0. The second-order valence-electron chi connectivity index (χ2n) is 5.07. The van der Waals surface area contributed by atoms with Crippen molar-refractivity contribution in [1.82, 2.24) is 15.1 Å². The molecule has 2 fully saturated rings. The summed E-state index contributed by atoms with van der Waals surface area (Å²) in [6, 6.07) is 0.311. The molecule has 2 aliphatic rings. The fraction of sp³-hybridized carbons (Fsp3) is 1.00. The Morgan fingerprint density at radius 3 is 2.56 bits per heavy atom. The van der Waals surface area contributed by atoms with Gasteiger partial charge in [-0.15, -0.1) is 0 Å². The molecule has 0 aromatic rings. The van der Waals surface area contributed by atoms with Crippen molar-refractivity contribution in [3.05, 3.63) is 0 Å². The topological polar surface area (TPSA) is 68.2 Å². The standard InChI is InChI=1S/C12H25N3O3/c16-9-11-8-15(12(10-17)7-13-11)2-1-14-3-5-18-6-4-14/h11-13,16-17H,1-10H2. The van der Waals surface area contributed by atoms with Crippen LogP contribution < -0.4 is 5.32 Å². The molecule has 0 spiro atoms. The van der Waals surface area contributed by atoms with Crippen LogP contribution in [0, 0.1) is 0 Å². The molecule has 0 aromatic heterocycles. The first-order valence-electron chi connectivity index (χ1n) is 6.82. The van der Waals surface area contributed by atoms with Crippen LogP contribution in [0.1, 0.15) is 0 Å². The van der Waals surface area contributed by atoms with E-state index in [1.807, 2.05) is 0 Å². The molecule has 106 valence electrons. The zero-order valence-corrected chi connectivity index (χ0v) is 10.9. The summed E-state index contributed by atoms with van der Waals surface area (Å²) < 4.78 is 5.33. The van der Waals surface area contributed by atoms with Gasteiger partial charge >= 0.3 is 0 Å². The molecule has 0 saturated carbocycles. The molecule has 0 aliphatic carbocycles. The molecule has 0 aromatic carbocycles. The van der Waals surface area contributed by atoms with Gasteiger partial charge < -0.3 is 20.3 Å². The monoisotopic (exact) mass is 259 g/mol. The van der Waals surface area contributed by atoms with Crippen molar-refractivity contribution in [2.45, 2.75) is 12.1 Å². The van der Waals surface area contributed by atoms with E-state index in [1.165, 1.54) is 0 Å². The SMILES string of the molecule is OCC1CN(CCN2CCOCC2)C(CO)CN1. The van der Waals surface area contributed by atoms with Crippen LogP contribution in [0.25, 0.3) is 0 Å². The summed E-state index contributed by atoms with van der Waals surface area (Å²) in [5, 5.41) is 21.8. The second-order valence-corrected chi connectivity index (χ2v) is 5.07. The van der Waals surface area contributed by atoms with E-state index < -0.39 is 0 Å². The first kappa shape index (κ1) is 14.2. The van der Waals surface area contributed by atoms with Crippen molar-refractivity contribution in [3.63, 3.8) is 0 Å². The number of piperazine rings is 1. The summed E-state index contributed by atoms with van der Waals surface area (Å²) >= 11 is 0. The molecule has 3 N–H and O–H groups in total. The lowest BCUT2D eigenvalue weighted by atomic mass is 10.1. The zero-order chi connectivity index (χ0) is 12.8. The molecule has 0 bridgehead atoms. The van der Waals surface area contributed by atoms with Crippen LogP contribution in [-0.4, -0.2) is 97.8 Å². The number of hydrogen-bond donors (Lipinski definition) is 3. The van der Waals surface area contributed by atoms with Gasteiger partial charge in [0.05, 0.1) is 26.4 Å². The molecule has 0 amide bonds. The Kier molecular flexibility index (Phi) is 5.81. The molecular weight excluding hydrogens is 234 g/mol. The normalized spacial score (nSPS) is 31.7. The summed E-state index contributed by atoms with van der Waals surface area (Å²) in [4.78, 5) is 4.68. The van der Waals surface area contributed by atoms with E-state index in [1.54, 1.807) is 0 Å². The lowest BCUT2D eigenvalue weighted by Crippen LogP contribution is -2.60. The van der Waals surface area contributed by atoms with Gasteiger partial charge in [-0.1, -0.05) is 0 Å². The molecule has 2 unspecified atom stereocenters. The second kappa shape index (κ2) is 7.37.